The number of carbonyl (C=O) groups excluding carboxylic acids is 1. The van der Waals surface area contributed by atoms with Crippen molar-refractivity contribution < 1.29 is 9.53 Å². The summed E-state index contributed by atoms with van der Waals surface area (Å²) >= 11 is 5.83. The Bertz CT molecular complexity index is 376. The first-order valence-electron chi connectivity index (χ1n) is 4.01. The number of rotatable bonds is 0. The molecule has 1 aromatic heterocycles. The third kappa shape index (κ3) is 1.40. The molecule has 0 aliphatic carbocycles. The molecule has 0 fully saturated rings. The predicted molar refractivity (Wildman–Crippen MR) is 48.0 cm³/mol. The molecule has 68 valence electrons. The van der Waals surface area contributed by atoms with Crippen molar-refractivity contribution in [1.29, 1.82) is 0 Å². The molecule has 13 heavy (non-hydrogen) atoms. The number of aryl methyl sites for hydroxylation is 1. The fourth-order valence-corrected chi connectivity index (χ4v) is 1.77. The predicted octanol–water partition coefficient (Wildman–Crippen LogP) is 1.76. The van der Waals surface area contributed by atoms with Crippen LogP contribution in [0.3, 0.4) is 0 Å². The van der Waals surface area contributed by atoms with Crippen molar-refractivity contribution in [2.45, 2.75) is 13.3 Å². The summed E-state index contributed by atoms with van der Waals surface area (Å²) < 4.78 is 4.86. The van der Waals surface area contributed by atoms with Gasteiger partial charge in [-0.1, -0.05) is 11.6 Å². The van der Waals surface area contributed by atoms with E-state index in [0.29, 0.717) is 12.2 Å². The molecule has 0 amide bonds. The van der Waals surface area contributed by atoms with Crippen LogP contribution in [0.25, 0.3) is 0 Å². The highest BCUT2D eigenvalue weighted by atomic mass is 35.5. The number of halogens is 1. The molecule has 1 aliphatic heterocycles. The Morgan fingerprint density at radius 3 is 3.15 bits per heavy atom. The quantitative estimate of drug-likeness (QED) is 0.470. The largest absolute Gasteiger partial charge is 0.462 e. The zero-order valence-electron chi connectivity index (χ0n) is 7.13. The molecule has 0 spiro atoms. The average molecular weight is 198 g/mol. The Hall–Kier alpha value is -1.09. The number of esters is 1. The van der Waals surface area contributed by atoms with E-state index in [-0.39, 0.29) is 11.1 Å². The lowest BCUT2D eigenvalue weighted by molar-refractivity contribution is 0.0480. The van der Waals surface area contributed by atoms with E-state index in [1.807, 2.05) is 13.0 Å². The molecule has 0 N–H and O–H groups in total. The van der Waals surface area contributed by atoms with Gasteiger partial charge < -0.3 is 4.74 Å². The minimum atomic E-state index is -0.362. The van der Waals surface area contributed by atoms with Crippen molar-refractivity contribution in [3.05, 3.63) is 28.0 Å². The van der Waals surface area contributed by atoms with Gasteiger partial charge in [0.2, 0.25) is 0 Å². The molecule has 0 saturated carbocycles. The van der Waals surface area contributed by atoms with E-state index in [2.05, 4.69) is 4.98 Å². The molecule has 2 heterocycles. The van der Waals surface area contributed by atoms with E-state index < -0.39 is 0 Å². The monoisotopic (exact) mass is 197 g/mol. The van der Waals surface area contributed by atoms with Gasteiger partial charge in [-0.3, -0.25) is 0 Å². The number of cyclic esters (lactones) is 1. The molecule has 1 aromatic rings. The van der Waals surface area contributed by atoms with Gasteiger partial charge >= 0.3 is 5.97 Å². The fraction of sp³-hybridized carbons (Fsp3) is 0.333. The lowest BCUT2D eigenvalue weighted by Crippen LogP contribution is -2.19. The first-order valence-corrected chi connectivity index (χ1v) is 4.39. The van der Waals surface area contributed by atoms with Crippen LogP contribution in [0.1, 0.15) is 21.6 Å². The van der Waals surface area contributed by atoms with E-state index in [1.165, 1.54) is 0 Å². The fourth-order valence-electron chi connectivity index (χ4n) is 1.44. The molecule has 0 radical (unpaired) electrons. The van der Waals surface area contributed by atoms with E-state index in [4.69, 9.17) is 16.3 Å². The minimum absolute atomic E-state index is 0.250. The first-order chi connectivity index (χ1) is 6.18. The third-order valence-corrected chi connectivity index (χ3v) is 2.27. The van der Waals surface area contributed by atoms with Gasteiger partial charge in [0, 0.05) is 12.1 Å². The number of pyridine rings is 1. The van der Waals surface area contributed by atoms with Crippen molar-refractivity contribution in [1.82, 2.24) is 4.98 Å². The van der Waals surface area contributed by atoms with Crippen molar-refractivity contribution in [2.75, 3.05) is 6.61 Å². The van der Waals surface area contributed by atoms with Crippen molar-refractivity contribution in [3.63, 3.8) is 0 Å². The van der Waals surface area contributed by atoms with Crippen LogP contribution in [0.2, 0.25) is 5.15 Å². The van der Waals surface area contributed by atoms with Crippen LogP contribution in [0.4, 0.5) is 0 Å². The van der Waals surface area contributed by atoms with Crippen LogP contribution in [0.15, 0.2) is 6.07 Å². The maximum atomic E-state index is 11.3. The van der Waals surface area contributed by atoms with Gasteiger partial charge in [-0.05, 0) is 18.6 Å². The molecular formula is C9H8ClNO2. The van der Waals surface area contributed by atoms with Crippen molar-refractivity contribution in [2.24, 2.45) is 0 Å². The second kappa shape index (κ2) is 3.00. The Kier molecular flexibility index (Phi) is 1.96. The second-order valence-corrected chi connectivity index (χ2v) is 3.33. The molecule has 4 heteroatoms. The van der Waals surface area contributed by atoms with Crippen LogP contribution in [-0.2, 0) is 11.2 Å². The number of ether oxygens (including phenoxy) is 1. The topological polar surface area (TPSA) is 39.2 Å². The Morgan fingerprint density at radius 1 is 1.62 bits per heavy atom. The number of carbonyl (C=O) groups is 1. The van der Waals surface area contributed by atoms with E-state index in [0.717, 1.165) is 17.7 Å². The lowest BCUT2D eigenvalue weighted by Gasteiger charge is -2.16. The summed E-state index contributed by atoms with van der Waals surface area (Å²) in [6.07, 6.45) is 0.726. The van der Waals surface area contributed by atoms with Gasteiger partial charge in [0.15, 0.2) is 0 Å². The van der Waals surface area contributed by atoms with Crippen LogP contribution in [-0.4, -0.2) is 17.6 Å². The first kappa shape index (κ1) is 8.51. The van der Waals surface area contributed by atoms with Gasteiger partial charge in [0.1, 0.15) is 10.7 Å². The van der Waals surface area contributed by atoms with E-state index in [9.17, 15) is 4.79 Å². The number of aromatic nitrogens is 1. The maximum Gasteiger partial charge on any atom is 0.341 e. The summed E-state index contributed by atoms with van der Waals surface area (Å²) in [6.45, 7) is 2.29. The second-order valence-electron chi connectivity index (χ2n) is 2.97. The molecule has 3 nitrogen and oxygen atoms in total. The van der Waals surface area contributed by atoms with Crippen LogP contribution >= 0.6 is 11.6 Å². The summed E-state index contributed by atoms with van der Waals surface area (Å²) in [5.41, 5.74) is 2.20. The van der Waals surface area contributed by atoms with E-state index >= 15 is 0 Å². The van der Waals surface area contributed by atoms with Crippen LogP contribution in [0.5, 0.6) is 0 Å². The van der Waals surface area contributed by atoms with Gasteiger partial charge in [0.25, 0.3) is 0 Å². The van der Waals surface area contributed by atoms with Crippen molar-refractivity contribution in [3.8, 4) is 0 Å². The highest BCUT2D eigenvalue weighted by Gasteiger charge is 2.22. The third-order valence-electron chi connectivity index (χ3n) is 1.99. The van der Waals surface area contributed by atoms with Gasteiger partial charge in [-0.15, -0.1) is 0 Å². The number of fused-ring (bicyclic) bond motifs is 1. The number of nitrogens with zero attached hydrogens (tertiary/aromatic N) is 1. The molecule has 2 rings (SSSR count). The van der Waals surface area contributed by atoms with Gasteiger partial charge in [-0.2, -0.15) is 0 Å². The molecule has 0 bridgehead atoms. The van der Waals surface area contributed by atoms with Crippen LogP contribution < -0.4 is 0 Å². The summed E-state index contributed by atoms with van der Waals surface area (Å²) in [7, 11) is 0. The summed E-state index contributed by atoms with van der Waals surface area (Å²) in [6, 6.07) is 1.88. The van der Waals surface area contributed by atoms with Crippen LogP contribution in [0, 0.1) is 6.92 Å². The highest BCUT2D eigenvalue weighted by molar-refractivity contribution is 6.32. The van der Waals surface area contributed by atoms with Crippen molar-refractivity contribution >= 4 is 17.6 Å². The smallest absolute Gasteiger partial charge is 0.341 e. The summed E-state index contributed by atoms with van der Waals surface area (Å²) in [5.74, 6) is -0.362. The lowest BCUT2D eigenvalue weighted by atomic mass is 10.0. The molecule has 0 unspecified atom stereocenters. The molecule has 0 atom stereocenters. The number of hydrogen-bond acceptors (Lipinski definition) is 3. The molecule has 1 aliphatic rings. The zero-order chi connectivity index (χ0) is 9.42. The standard InChI is InChI=1S/C9H8ClNO2/c1-5-4-6-2-3-13-9(12)7(6)8(10)11-5/h4H,2-3H2,1H3. The molecule has 0 saturated heterocycles. The zero-order valence-corrected chi connectivity index (χ0v) is 7.89. The molecular weight excluding hydrogens is 190 g/mol. The Balaban J connectivity index is 2.63. The van der Waals surface area contributed by atoms with Gasteiger partial charge in [-0.25, -0.2) is 9.78 Å². The summed E-state index contributed by atoms with van der Waals surface area (Å²) in [4.78, 5) is 15.3. The normalized spacial score (nSPS) is 15.1. The summed E-state index contributed by atoms with van der Waals surface area (Å²) in [5, 5.41) is 0.250. The Morgan fingerprint density at radius 2 is 2.38 bits per heavy atom. The Labute approximate surface area is 80.7 Å². The highest BCUT2D eigenvalue weighted by Crippen LogP contribution is 2.23. The average Bonchev–Trinajstić information content (AvgIpc) is 2.02. The molecule has 0 aromatic carbocycles. The van der Waals surface area contributed by atoms with Gasteiger partial charge in [0.05, 0.1) is 6.61 Å². The maximum absolute atomic E-state index is 11.3. The van der Waals surface area contributed by atoms with E-state index in [1.54, 1.807) is 0 Å². The minimum Gasteiger partial charge on any atom is -0.462 e. The number of hydrogen-bond donors (Lipinski definition) is 0. The SMILES string of the molecule is Cc1cc2c(c(Cl)n1)C(=O)OCC2.